The maximum atomic E-state index is 4.81. The predicted molar refractivity (Wildman–Crippen MR) is 86.0 cm³/mol. The summed E-state index contributed by atoms with van der Waals surface area (Å²) in [6.45, 7) is 7.82. The number of amidine groups is 1. The van der Waals surface area contributed by atoms with Gasteiger partial charge in [0.2, 0.25) is 0 Å². The van der Waals surface area contributed by atoms with Crippen molar-refractivity contribution >= 4 is 5.84 Å². The van der Waals surface area contributed by atoms with E-state index in [-0.39, 0.29) is 5.54 Å². The Morgan fingerprint density at radius 2 is 1.47 bits per heavy atom. The van der Waals surface area contributed by atoms with Crippen LogP contribution in [0.4, 0.5) is 0 Å². The highest BCUT2D eigenvalue weighted by Crippen LogP contribution is 2.21. The molecule has 1 heterocycles. The van der Waals surface area contributed by atoms with Crippen LogP contribution in [0.2, 0.25) is 0 Å². The molecule has 0 aromatic rings. The molecule has 0 bridgehead atoms. The minimum absolute atomic E-state index is 0.142. The van der Waals surface area contributed by atoms with Crippen molar-refractivity contribution in [1.82, 2.24) is 4.90 Å². The molecule has 0 atom stereocenters. The normalized spacial score (nSPS) is 17.9. The Morgan fingerprint density at radius 3 is 1.95 bits per heavy atom. The molecular formula is C17H34N2. The Morgan fingerprint density at radius 1 is 0.947 bits per heavy atom. The first-order valence-electron chi connectivity index (χ1n) is 8.35. The van der Waals surface area contributed by atoms with E-state index in [9.17, 15) is 0 Å². The molecule has 0 fully saturated rings. The molecule has 19 heavy (non-hydrogen) atoms. The van der Waals surface area contributed by atoms with Gasteiger partial charge in [-0.3, -0.25) is 4.99 Å². The van der Waals surface area contributed by atoms with Gasteiger partial charge in [-0.05, 0) is 20.3 Å². The van der Waals surface area contributed by atoms with Gasteiger partial charge < -0.3 is 4.90 Å². The van der Waals surface area contributed by atoms with Crippen molar-refractivity contribution in [3.63, 3.8) is 0 Å². The molecule has 2 heteroatoms. The molecule has 112 valence electrons. The van der Waals surface area contributed by atoms with Gasteiger partial charge in [-0.15, -0.1) is 0 Å². The fourth-order valence-electron chi connectivity index (χ4n) is 2.98. The minimum atomic E-state index is 0.142. The summed E-state index contributed by atoms with van der Waals surface area (Å²) in [5.41, 5.74) is 0.142. The summed E-state index contributed by atoms with van der Waals surface area (Å²) in [5, 5.41) is 0. The number of hydrogen-bond acceptors (Lipinski definition) is 2. The molecule has 0 aliphatic carbocycles. The molecule has 2 nitrogen and oxygen atoms in total. The molecule has 1 rings (SSSR count). The van der Waals surface area contributed by atoms with Crippen LogP contribution < -0.4 is 0 Å². The Bertz CT molecular complexity index is 268. The highest BCUT2D eigenvalue weighted by molar-refractivity contribution is 5.84. The quantitative estimate of drug-likeness (QED) is 0.506. The van der Waals surface area contributed by atoms with Gasteiger partial charge in [0.25, 0.3) is 0 Å². The third kappa shape index (κ3) is 6.98. The second kappa shape index (κ2) is 8.60. The van der Waals surface area contributed by atoms with Crippen LogP contribution in [0, 0.1) is 0 Å². The van der Waals surface area contributed by atoms with Crippen molar-refractivity contribution in [3.05, 3.63) is 0 Å². The molecule has 1 aliphatic rings. The molecule has 0 saturated carbocycles. The Hall–Kier alpha value is -0.530. The zero-order chi connectivity index (χ0) is 14.1. The van der Waals surface area contributed by atoms with Gasteiger partial charge in [-0.25, -0.2) is 0 Å². The van der Waals surface area contributed by atoms with E-state index < -0.39 is 0 Å². The average Bonchev–Trinajstić information content (AvgIpc) is 2.60. The SMILES string of the molecule is CCCCCCCCCCCC1=NC(C)(C)CN1C. The molecule has 0 aromatic carbocycles. The van der Waals surface area contributed by atoms with E-state index in [0.29, 0.717) is 0 Å². The number of rotatable bonds is 10. The lowest BCUT2D eigenvalue weighted by atomic mass is 10.1. The summed E-state index contributed by atoms with van der Waals surface area (Å²) in [5.74, 6) is 1.33. The van der Waals surface area contributed by atoms with Crippen LogP contribution in [-0.2, 0) is 0 Å². The van der Waals surface area contributed by atoms with Gasteiger partial charge in [0.1, 0.15) is 0 Å². The predicted octanol–water partition coefficient (Wildman–Crippen LogP) is 5.03. The van der Waals surface area contributed by atoms with Crippen LogP contribution >= 0.6 is 0 Å². The number of aliphatic imine (C=N–C) groups is 1. The van der Waals surface area contributed by atoms with Crippen molar-refractivity contribution in [2.24, 2.45) is 4.99 Å². The van der Waals surface area contributed by atoms with Crippen molar-refractivity contribution in [3.8, 4) is 0 Å². The van der Waals surface area contributed by atoms with E-state index in [1.165, 1.54) is 70.0 Å². The van der Waals surface area contributed by atoms with E-state index >= 15 is 0 Å². The average molecular weight is 266 g/mol. The second-order valence-electron chi connectivity index (χ2n) is 6.77. The van der Waals surface area contributed by atoms with Crippen molar-refractivity contribution in [2.75, 3.05) is 13.6 Å². The highest BCUT2D eigenvalue weighted by atomic mass is 15.2. The van der Waals surface area contributed by atoms with E-state index in [2.05, 4.69) is 32.7 Å². The summed E-state index contributed by atoms with van der Waals surface area (Å²) < 4.78 is 0. The molecule has 0 spiro atoms. The maximum Gasteiger partial charge on any atom is 0.0994 e. The molecule has 0 saturated heterocycles. The summed E-state index contributed by atoms with van der Waals surface area (Å²) in [4.78, 5) is 7.15. The first-order valence-corrected chi connectivity index (χ1v) is 8.35. The van der Waals surface area contributed by atoms with Crippen LogP contribution in [-0.4, -0.2) is 29.9 Å². The molecule has 0 unspecified atom stereocenters. The van der Waals surface area contributed by atoms with Gasteiger partial charge >= 0.3 is 0 Å². The Labute approximate surface area is 120 Å². The highest BCUT2D eigenvalue weighted by Gasteiger charge is 2.27. The van der Waals surface area contributed by atoms with Crippen LogP contribution in [0.25, 0.3) is 0 Å². The second-order valence-corrected chi connectivity index (χ2v) is 6.77. The molecule has 1 aliphatic heterocycles. The van der Waals surface area contributed by atoms with E-state index in [1.807, 2.05) is 0 Å². The van der Waals surface area contributed by atoms with Gasteiger partial charge in [-0.1, -0.05) is 58.3 Å². The topological polar surface area (TPSA) is 15.6 Å². The minimum Gasteiger partial charge on any atom is -0.361 e. The number of unbranched alkanes of at least 4 members (excludes halogenated alkanes) is 8. The first kappa shape index (κ1) is 16.5. The third-order valence-corrected chi connectivity index (χ3v) is 4.00. The maximum absolute atomic E-state index is 4.81. The van der Waals surface area contributed by atoms with E-state index in [1.54, 1.807) is 0 Å². The molecule has 0 N–H and O–H groups in total. The lowest BCUT2D eigenvalue weighted by Crippen LogP contribution is -2.28. The van der Waals surface area contributed by atoms with Gasteiger partial charge in [0.05, 0.1) is 11.4 Å². The zero-order valence-corrected chi connectivity index (χ0v) is 13.7. The van der Waals surface area contributed by atoms with Gasteiger partial charge in [0, 0.05) is 20.0 Å². The van der Waals surface area contributed by atoms with Crippen molar-refractivity contribution < 1.29 is 0 Å². The van der Waals surface area contributed by atoms with Gasteiger partial charge in [-0.2, -0.15) is 0 Å². The zero-order valence-electron chi connectivity index (χ0n) is 13.7. The van der Waals surface area contributed by atoms with E-state index in [4.69, 9.17) is 4.99 Å². The number of likely N-dealkylation sites (N-methyl/N-ethyl adjacent to an activating group) is 1. The number of hydrogen-bond donors (Lipinski definition) is 0. The largest absolute Gasteiger partial charge is 0.361 e. The van der Waals surface area contributed by atoms with Crippen molar-refractivity contribution in [2.45, 2.75) is 90.5 Å². The molecular weight excluding hydrogens is 232 g/mol. The lowest BCUT2D eigenvalue weighted by Gasteiger charge is -2.16. The van der Waals surface area contributed by atoms with Crippen molar-refractivity contribution in [1.29, 1.82) is 0 Å². The summed E-state index contributed by atoms with van der Waals surface area (Å²) >= 11 is 0. The fourth-order valence-corrected chi connectivity index (χ4v) is 2.98. The molecule has 0 radical (unpaired) electrons. The summed E-state index contributed by atoms with van der Waals surface area (Å²) in [6, 6.07) is 0. The fraction of sp³-hybridized carbons (Fsp3) is 0.941. The Balaban J connectivity index is 1.97. The van der Waals surface area contributed by atoms with Gasteiger partial charge in [0.15, 0.2) is 0 Å². The summed E-state index contributed by atoms with van der Waals surface area (Å²) in [6.07, 6.45) is 13.8. The van der Waals surface area contributed by atoms with Crippen LogP contribution in [0.15, 0.2) is 4.99 Å². The van der Waals surface area contributed by atoms with Crippen LogP contribution in [0.5, 0.6) is 0 Å². The lowest BCUT2D eigenvalue weighted by molar-refractivity contribution is 0.422. The van der Waals surface area contributed by atoms with Crippen LogP contribution in [0.1, 0.15) is 85.0 Å². The van der Waals surface area contributed by atoms with Crippen LogP contribution in [0.3, 0.4) is 0 Å². The smallest absolute Gasteiger partial charge is 0.0994 e. The third-order valence-electron chi connectivity index (χ3n) is 4.00. The standard InChI is InChI=1S/C17H34N2/c1-5-6-7-8-9-10-11-12-13-14-16-18-17(2,3)15-19(16)4/h5-15H2,1-4H3. The molecule has 0 amide bonds. The number of nitrogens with zero attached hydrogens (tertiary/aromatic N) is 2. The monoisotopic (exact) mass is 266 g/mol. The van der Waals surface area contributed by atoms with E-state index in [0.717, 1.165) is 6.54 Å². The Kier molecular flexibility index (Phi) is 7.48. The first-order chi connectivity index (χ1) is 9.05. The molecule has 0 aromatic heterocycles. The summed E-state index contributed by atoms with van der Waals surface area (Å²) in [7, 11) is 2.18.